The van der Waals surface area contributed by atoms with Crippen LogP contribution in [0.2, 0.25) is 0 Å². The number of aromatic nitrogens is 4. The lowest BCUT2D eigenvalue weighted by atomic mass is 10.1. The van der Waals surface area contributed by atoms with Gasteiger partial charge >= 0.3 is 0 Å². The largest absolute Gasteiger partial charge is 0.494 e. The first kappa shape index (κ1) is 16.3. The van der Waals surface area contributed by atoms with E-state index >= 15 is 0 Å². The van der Waals surface area contributed by atoms with Crippen molar-refractivity contribution in [1.82, 2.24) is 20.2 Å². The van der Waals surface area contributed by atoms with Gasteiger partial charge in [-0.25, -0.2) is 9.37 Å². The molecule has 0 spiro atoms. The number of nitrogens with zero attached hydrogens (tertiary/aromatic N) is 4. The monoisotopic (exact) mass is 354 g/mol. The molecule has 0 bridgehead atoms. The van der Waals surface area contributed by atoms with E-state index < -0.39 is 5.82 Å². The standard InChI is InChI=1S/C18H19FN6O/c1-26-15-5-4-12(10-13(15)19)14-11-17(24-23-14)21-16-6-7-20-18(22-16)25-8-2-3-9-25/h4-7,10-11H,2-3,8-9H2,1H3,(H2,20,21,22,23,24). The molecule has 1 fully saturated rings. The maximum Gasteiger partial charge on any atom is 0.227 e. The SMILES string of the molecule is COc1ccc(-c2cc(Nc3ccnc(N4CCCC4)n3)n[nH]2)cc1F. The molecule has 2 N–H and O–H groups in total. The molecule has 4 rings (SSSR count). The third-order valence-electron chi connectivity index (χ3n) is 4.33. The van der Waals surface area contributed by atoms with Crippen LogP contribution in [-0.4, -0.2) is 40.4 Å². The summed E-state index contributed by atoms with van der Waals surface area (Å²) in [7, 11) is 1.44. The van der Waals surface area contributed by atoms with Crippen LogP contribution < -0.4 is 15.0 Å². The minimum Gasteiger partial charge on any atom is -0.494 e. The highest BCUT2D eigenvalue weighted by molar-refractivity contribution is 5.66. The van der Waals surface area contributed by atoms with Crippen LogP contribution >= 0.6 is 0 Å². The Balaban J connectivity index is 1.52. The maximum absolute atomic E-state index is 13.9. The van der Waals surface area contributed by atoms with Crippen molar-refractivity contribution in [3.63, 3.8) is 0 Å². The van der Waals surface area contributed by atoms with Gasteiger partial charge in [-0.2, -0.15) is 10.1 Å². The summed E-state index contributed by atoms with van der Waals surface area (Å²) >= 11 is 0. The topological polar surface area (TPSA) is 79.0 Å². The summed E-state index contributed by atoms with van der Waals surface area (Å²) in [6.45, 7) is 1.97. The van der Waals surface area contributed by atoms with Crippen LogP contribution in [0.25, 0.3) is 11.3 Å². The third-order valence-corrected chi connectivity index (χ3v) is 4.33. The summed E-state index contributed by atoms with van der Waals surface area (Å²) in [5, 5.41) is 10.3. The van der Waals surface area contributed by atoms with E-state index in [1.807, 2.05) is 0 Å². The van der Waals surface area contributed by atoms with Gasteiger partial charge in [-0.3, -0.25) is 5.10 Å². The second kappa shape index (κ2) is 6.99. The van der Waals surface area contributed by atoms with E-state index in [1.165, 1.54) is 26.0 Å². The van der Waals surface area contributed by atoms with Crippen LogP contribution in [0.15, 0.2) is 36.5 Å². The summed E-state index contributed by atoms with van der Waals surface area (Å²) < 4.78 is 18.8. The number of halogens is 1. The zero-order chi connectivity index (χ0) is 17.9. The van der Waals surface area contributed by atoms with Gasteiger partial charge in [-0.1, -0.05) is 0 Å². The van der Waals surface area contributed by atoms with Gasteiger partial charge in [0.15, 0.2) is 17.4 Å². The van der Waals surface area contributed by atoms with Crippen LogP contribution in [0.1, 0.15) is 12.8 Å². The van der Waals surface area contributed by atoms with Crippen LogP contribution in [0.5, 0.6) is 5.75 Å². The van der Waals surface area contributed by atoms with Crippen molar-refractivity contribution >= 4 is 17.6 Å². The summed E-state index contributed by atoms with van der Waals surface area (Å²) in [4.78, 5) is 11.0. The lowest BCUT2D eigenvalue weighted by Gasteiger charge is -2.15. The number of aromatic amines is 1. The molecule has 0 amide bonds. The van der Waals surface area contributed by atoms with Crippen molar-refractivity contribution in [2.75, 3.05) is 30.4 Å². The average Bonchev–Trinajstić information content (AvgIpc) is 3.34. The molecule has 2 aromatic heterocycles. The molecule has 1 saturated heterocycles. The Morgan fingerprint density at radius 1 is 1.15 bits per heavy atom. The Morgan fingerprint density at radius 2 is 2.00 bits per heavy atom. The van der Waals surface area contributed by atoms with E-state index in [4.69, 9.17) is 4.74 Å². The Morgan fingerprint density at radius 3 is 2.77 bits per heavy atom. The van der Waals surface area contributed by atoms with Crippen molar-refractivity contribution in [3.8, 4) is 17.0 Å². The second-order valence-electron chi connectivity index (χ2n) is 6.08. The highest BCUT2D eigenvalue weighted by Gasteiger charge is 2.15. The lowest BCUT2D eigenvalue weighted by molar-refractivity contribution is 0.386. The molecule has 3 heterocycles. The molecule has 3 aromatic rings. The summed E-state index contributed by atoms with van der Waals surface area (Å²) in [6, 6.07) is 8.37. The quantitative estimate of drug-likeness (QED) is 0.731. The van der Waals surface area contributed by atoms with Crippen LogP contribution in [0.4, 0.5) is 22.0 Å². The van der Waals surface area contributed by atoms with E-state index in [0.29, 0.717) is 22.9 Å². The number of hydrogen-bond acceptors (Lipinski definition) is 6. The first-order chi connectivity index (χ1) is 12.7. The summed E-state index contributed by atoms with van der Waals surface area (Å²) in [5.74, 6) is 1.78. The average molecular weight is 354 g/mol. The molecule has 1 aliphatic heterocycles. The number of rotatable bonds is 5. The predicted molar refractivity (Wildman–Crippen MR) is 97.3 cm³/mol. The molecule has 0 saturated carbocycles. The van der Waals surface area contributed by atoms with Crippen LogP contribution in [0.3, 0.4) is 0 Å². The van der Waals surface area contributed by atoms with Crippen molar-refractivity contribution in [2.45, 2.75) is 12.8 Å². The van der Waals surface area contributed by atoms with Gasteiger partial charge in [0.1, 0.15) is 5.82 Å². The Hall–Kier alpha value is -3.16. The first-order valence-electron chi connectivity index (χ1n) is 8.47. The second-order valence-corrected chi connectivity index (χ2v) is 6.08. The number of methoxy groups -OCH3 is 1. The molecule has 8 heteroatoms. The predicted octanol–water partition coefficient (Wildman–Crippen LogP) is 3.36. The fraction of sp³-hybridized carbons (Fsp3) is 0.278. The van der Waals surface area contributed by atoms with Gasteiger partial charge in [0.2, 0.25) is 5.95 Å². The van der Waals surface area contributed by atoms with Crippen molar-refractivity contribution in [1.29, 1.82) is 0 Å². The first-order valence-corrected chi connectivity index (χ1v) is 8.47. The molecule has 0 radical (unpaired) electrons. The number of nitrogens with one attached hydrogen (secondary N) is 2. The minimum absolute atomic E-state index is 0.210. The molecular formula is C18H19FN6O. The van der Waals surface area contributed by atoms with E-state index in [0.717, 1.165) is 19.0 Å². The van der Waals surface area contributed by atoms with Crippen LogP contribution in [-0.2, 0) is 0 Å². The molecule has 0 aliphatic carbocycles. The number of H-pyrrole nitrogens is 1. The van der Waals surface area contributed by atoms with Gasteiger partial charge in [0.25, 0.3) is 0 Å². The fourth-order valence-electron chi connectivity index (χ4n) is 2.99. The smallest absolute Gasteiger partial charge is 0.227 e. The van der Waals surface area contributed by atoms with Gasteiger partial charge in [-0.15, -0.1) is 0 Å². The van der Waals surface area contributed by atoms with Crippen LogP contribution in [0, 0.1) is 5.82 Å². The molecule has 134 valence electrons. The van der Waals surface area contributed by atoms with Gasteiger partial charge in [-0.05, 0) is 37.1 Å². The van der Waals surface area contributed by atoms with E-state index in [2.05, 4.69) is 30.4 Å². The molecule has 7 nitrogen and oxygen atoms in total. The highest BCUT2D eigenvalue weighted by atomic mass is 19.1. The minimum atomic E-state index is -0.417. The van der Waals surface area contributed by atoms with E-state index in [9.17, 15) is 4.39 Å². The Bertz CT molecular complexity index is 906. The zero-order valence-corrected chi connectivity index (χ0v) is 14.4. The van der Waals surface area contributed by atoms with Gasteiger partial charge in [0, 0.05) is 30.9 Å². The molecular weight excluding hydrogens is 335 g/mol. The number of hydrogen-bond donors (Lipinski definition) is 2. The number of anilines is 3. The third kappa shape index (κ3) is 3.30. The maximum atomic E-state index is 13.9. The Kier molecular flexibility index (Phi) is 4.39. The molecule has 0 atom stereocenters. The van der Waals surface area contributed by atoms with Crippen molar-refractivity contribution in [3.05, 3.63) is 42.3 Å². The molecule has 0 unspecified atom stereocenters. The molecule has 1 aliphatic rings. The number of benzene rings is 1. The van der Waals surface area contributed by atoms with E-state index in [1.54, 1.807) is 30.5 Å². The zero-order valence-electron chi connectivity index (χ0n) is 14.4. The summed E-state index contributed by atoms with van der Waals surface area (Å²) in [5.41, 5.74) is 1.38. The molecule has 1 aromatic carbocycles. The fourth-order valence-corrected chi connectivity index (χ4v) is 2.99. The van der Waals surface area contributed by atoms with Crippen molar-refractivity contribution < 1.29 is 9.13 Å². The van der Waals surface area contributed by atoms with E-state index in [-0.39, 0.29) is 5.75 Å². The van der Waals surface area contributed by atoms with Gasteiger partial charge < -0.3 is 15.0 Å². The lowest BCUT2D eigenvalue weighted by Crippen LogP contribution is -2.20. The normalized spacial score (nSPS) is 13.8. The highest BCUT2D eigenvalue weighted by Crippen LogP contribution is 2.26. The summed E-state index contributed by atoms with van der Waals surface area (Å²) in [6.07, 6.45) is 4.07. The van der Waals surface area contributed by atoms with Crippen molar-refractivity contribution in [2.24, 2.45) is 0 Å². The number of ether oxygens (including phenoxy) is 1. The Labute approximate surface area is 150 Å². The molecule has 26 heavy (non-hydrogen) atoms. The van der Waals surface area contributed by atoms with Gasteiger partial charge in [0.05, 0.1) is 12.8 Å².